The lowest BCUT2D eigenvalue weighted by Gasteiger charge is -2.50. The van der Waals surface area contributed by atoms with Crippen LogP contribution >= 0.6 is 0 Å². The first-order chi connectivity index (χ1) is 11.5. The molecular formula is C17H28O7. The Morgan fingerprint density at radius 3 is 2.25 bits per heavy atom. The van der Waals surface area contributed by atoms with Crippen LogP contribution in [0.1, 0.15) is 19.6 Å². The molecule has 0 N–H and O–H groups in total. The van der Waals surface area contributed by atoms with E-state index in [2.05, 4.69) is 0 Å². The molecule has 0 aliphatic carbocycles. The van der Waals surface area contributed by atoms with Gasteiger partial charge in [-0.25, -0.2) is 0 Å². The van der Waals surface area contributed by atoms with Gasteiger partial charge in [-0.3, -0.25) is 0 Å². The van der Waals surface area contributed by atoms with Gasteiger partial charge in [0.2, 0.25) is 0 Å². The topological polar surface area (TPSA) is 68.5 Å². The summed E-state index contributed by atoms with van der Waals surface area (Å²) in [6.07, 6.45) is -0.370. The highest BCUT2D eigenvalue weighted by atomic mass is 16.8. The average Bonchev–Trinajstić information content (AvgIpc) is 3.08. The van der Waals surface area contributed by atoms with Gasteiger partial charge in [-0.1, -0.05) is 0 Å². The Kier molecular flexibility index (Phi) is 6.79. The molecule has 2 heterocycles. The van der Waals surface area contributed by atoms with Gasteiger partial charge in [0.05, 0.1) is 19.0 Å². The highest BCUT2D eigenvalue weighted by molar-refractivity contribution is 5.14. The van der Waals surface area contributed by atoms with Crippen LogP contribution in [0.2, 0.25) is 0 Å². The molecule has 138 valence electrons. The van der Waals surface area contributed by atoms with Crippen molar-refractivity contribution in [2.75, 3.05) is 35.0 Å². The summed E-state index contributed by atoms with van der Waals surface area (Å²) in [5.74, 6) is -0.744. The zero-order valence-corrected chi connectivity index (χ0v) is 15.2. The third-order valence-corrected chi connectivity index (χ3v) is 4.09. The van der Waals surface area contributed by atoms with Gasteiger partial charge in [-0.15, -0.1) is 0 Å². The van der Waals surface area contributed by atoms with Gasteiger partial charge in [0, 0.05) is 28.4 Å². The van der Waals surface area contributed by atoms with Gasteiger partial charge < -0.3 is 32.8 Å². The molecule has 2 rings (SSSR count). The van der Waals surface area contributed by atoms with E-state index >= 15 is 0 Å². The Morgan fingerprint density at radius 1 is 1.08 bits per heavy atom. The summed E-state index contributed by atoms with van der Waals surface area (Å²) in [4.78, 5) is 0. The van der Waals surface area contributed by atoms with Crippen molar-refractivity contribution in [3.63, 3.8) is 0 Å². The molecule has 1 aliphatic rings. The number of methoxy groups -OCH3 is 4. The molecule has 0 saturated carbocycles. The van der Waals surface area contributed by atoms with Crippen molar-refractivity contribution in [1.29, 1.82) is 0 Å². The molecule has 0 radical (unpaired) electrons. The summed E-state index contributed by atoms with van der Waals surface area (Å²) >= 11 is 0. The molecule has 1 aliphatic heterocycles. The first kappa shape index (κ1) is 19.4. The van der Waals surface area contributed by atoms with Crippen LogP contribution in [0.15, 0.2) is 22.8 Å². The van der Waals surface area contributed by atoms with Crippen LogP contribution in [0, 0.1) is 0 Å². The molecule has 1 saturated heterocycles. The Hall–Kier alpha value is -0.960. The van der Waals surface area contributed by atoms with E-state index in [1.807, 2.05) is 13.8 Å². The van der Waals surface area contributed by atoms with Crippen LogP contribution in [0.4, 0.5) is 0 Å². The van der Waals surface area contributed by atoms with E-state index in [1.165, 1.54) is 0 Å². The van der Waals surface area contributed by atoms with Crippen molar-refractivity contribution in [3.8, 4) is 0 Å². The third kappa shape index (κ3) is 3.51. The molecule has 0 unspecified atom stereocenters. The lowest BCUT2D eigenvalue weighted by atomic mass is 9.90. The van der Waals surface area contributed by atoms with E-state index in [9.17, 15) is 0 Å². The second kappa shape index (κ2) is 8.42. The molecule has 0 spiro atoms. The summed E-state index contributed by atoms with van der Waals surface area (Å²) < 4.78 is 40.5. The fraction of sp³-hybridized carbons (Fsp3) is 0.765. The minimum absolute atomic E-state index is 0.132. The van der Waals surface area contributed by atoms with Crippen molar-refractivity contribution >= 4 is 0 Å². The normalized spacial score (nSPS) is 34.0. The van der Waals surface area contributed by atoms with E-state index in [0.717, 1.165) is 0 Å². The minimum atomic E-state index is -1.26. The number of rotatable bonds is 8. The molecule has 24 heavy (non-hydrogen) atoms. The molecular weight excluding hydrogens is 316 g/mol. The van der Waals surface area contributed by atoms with Crippen molar-refractivity contribution in [2.45, 2.75) is 50.2 Å². The fourth-order valence-electron chi connectivity index (χ4n) is 3.26. The first-order valence-corrected chi connectivity index (χ1v) is 8.01. The second-order valence-corrected chi connectivity index (χ2v) is 5.98. The number of furan rings is 1. The van der Waals surface area contributed by atoms with Crippen molar-refractivity contribution in [2.24, 2.45) is 0 Å². The maximum Gasteiger partial charge on any atom is 0.259 e. The Labute approximate surface area is 143 Å². The predicted octanol–water partition coefficient (Wildman–Crippen LogP) is 1.95. The van der Waals surface area contributed by atoms with Crippen LogP contribution < -0.4 is 0 Å². The monoisotopic (exact) mass is 344 g/mol. The molecule has 1 aromatic rings. The molecule has 0 bridgehead atoms. The zero-order valence-electron chi connectivity index (χ0n) is 15.2. The summed E-state index contributed by atoms with van der Waals surface area (Å²) in [6.45, 7) is 4.17. The van der Waals surface area contributed by atoms with E-state index in [1.54, 1.807) is 46.8 Å². The van der Waals surface area contributed by atoms with E-state index in [4.69, 9.17) is 32.8 Å². The molecule has 1 fully saturated rings. The maximum absolute atomic E-state index is 6.34. The molecule has 0 aromatic carbocycles. The van der Waals surface area contributed by atoms with Gasteiger partial charge in [0.1, 0.15) is 24.4 Å². The Morgan fingerprint density at radius 2 is 1.79 bits per heavy atom. The predicted molar refractivity (Wildman–Crippen MR) is 85.7 cm³/mol. The lowest BCUT2D eigenvalue weighted by molar-refractivity contribution is -0.393. The first-order valence-electron chi connectivity index (χ1n) is 8.01. The summed E-state index contributed by atoms with van der Waals surface area (Å²) in [5.41, 5.74) is 0. The molecule has 7 nitrogen and oxygen atoms in total. The summed E-state index contributed by atoms with van der Waals surface area (Å²) in [5, 5.41) is 0. The quantitative estimate of drug-likeness (QED) is 0.714. The smallest absolute Gasteiger partial charge is 0.259 e. The minimum Gasteiger partial charge on any atom is -0.463 e. The van der Waals surface area contributed by atoms with Crippen LogP contribution in [-0.4, -0.2) is 65.6 Å². The van der Waals surface area contributed by atoms with Gasteiger partial charge in [0.15, 0.2) is 5.76 Å². The van der Waals surface area contributed by atoms with Gasteiger partial charge in [-0.05, 0) is 26.0 Å². The van der Waals surface area contributed by atoms with Gasteiger partial charge in [-0.2, -0.15) is 0 Å². The van der Waals surface area contributed by atoms with Crippen LogP contribution in [0.25, 0.3) is 0 Å². The maximum atomic E-state index is 6.34. The van der Waals surface area contributed by atoms with Crippen LogP contribution in [-0.2, 0) is 34.2 Å². The van der Waals surface area contributed by atoms with E-state index in [0.29, 0.717) is 12.4 Å². The number of hydrogen-bond donors (Lipinski definition) is 0. The molecule has 1 aromatic heterocycles. The number of ether oxygens (including phenoxy) is 6. The highest BCUT2D eigenvalue weighted by Crippen LogP contribution is 2.43. The van der Waals surface area contributed by atoms with Crippen LogP contribution in [0.3, 0.4) is 0 Å². The van der Waals surface area contributed by atoms with E-state index in [-0.39, 0.29) is 12.2 Å². The fourth-order valence-corrected chi connectivity index (χ4v) is 3.26. The Balaban J connectivity index is 2.52. The summed E-state index contributed by atoms with van der Waals surface area (Å²) in [6, 6.07) is 3.59. The molecule has 0 amide bonds. The average molecular weight is 344 g/mol. The third-order valence-electron chi connectivity index (χ3n) is 4.09. The lowest BCUT2D eigenvalue weighted by Crippen LogP contribution is -2.66. The SMILES string of the molecule is COC[C@H]1O[C@@](OC(C)C)(c2ccco2)[C@@H](OC)[C@@H](OC)[C@@H]1OC. The van der Waals surface area contributed by atoms with E-state index < -0.39 is 24.1 Å². The molecule has 7 heteroatoms. The zero-order chi connectivity index (χ0) is 17.7. The highest BCUT2D eigenvalue weighted by Gasteiger charge is 2.60. The summed E-state index contributed by atoms with van der Waals surface area (Å²) in [7, 11) is 6.42. The van der Waals surface area contributed by atoms with Gasteiger partial charge in [0.25, 0.3) is 5.79 Å². The second-order valence-electron chi connectivity index (χ2n) is 5.98. The van der Waals surface area contributed by atoms with Crippen molar-refractivity contribution < 1.29 is 32.8 Å². The molecule has 5 atom stereocenters. The standard InChI is InChI=1S/C17H28O7/c1-11(2)23-17(13-8-7-9-22-13)16(21-6)15(20-5)14(19-4)12(24-17)10-18-3/h7-9,11-12,14-16H,10H2,1-6H3/t12-,14-,15+,16+,17+/m1/s1. The van der Waals surface area contributed by atoms with Crippen molar-refractivity contribution in [1.82, 2.24) is 0 Å². The largest absolute Gasteiger partial charge is 0.463 e. The number of hydrogen-bond acceptors (Lipinski definition) is 7. The van der Waals surface area contributed by atoms with Crippen LogP contribution in [0.5, 0.6) is 0 Å². The van der Waals surface area contributed by atoms with Gasteiger partial charge >= 0.3 is 0 Å². The van der Waals surface area contributed by atoms with Crippen molar-refractivity contribution in [3.05, 3.63) is 24.2 Å². The Bertz CT molecular complexity index is 475.